The van der Waals surface area contributed by atoms with E-state index in [-0.39, 0.29) is 6.04 Å². The lowest BCUT2D eigenvalue weighted by atomic mass is 9.95. The van der Waals surface area contributed by atoms with Crippen LogP contribution in [0.5, 0.6) is 0 Å². The number of anilines is 1. The van der Waals surface area contributed by atoms with Crippen LogP contribution in [0.25, 0.3) is 94.9 Å². The number of hydrogen-bond acceptors (Lipinski definition) is 5. The molecule has 3 aromatic heterocycles. The molecule has 4 heterocycles. The number of thiophene rings is 3. The maximum Gasteiger partial charge on any atom is 0.113 e. The maximum atomic E-state index is 5.01. The molecule has 57 heavy (non-hydrogen) atoms. The number of rotatable bonds is 5. The van der Waals surface area contributed by atoms with Gasteiger partial charge in [0, 0.05) is 50.4 Å². The quantitative estimate of drug-likeness (QED) is 0.185. The fourth-order valence-corrected chi connectivity index (χ4v) is 12.4. The largest absolute Gasteiger partial charge is 0.345 e. The highest BCUT2D eigenvalue weighted by Gasteiger charge is 2.25. The molecule has 11 aromatic rings. The van der Waals surface area contributed by atoms with E-state index in [0.29, 0.717) is 0 Å². The number of nitrogens with one attached hydrogen (secondary N) is 1. The second-order valence-electron chi connectivity index (χ2n) is 14.7. The summed E-state index contributed by atoms with van der Waals surface area (Å²) in [4.78, 5) is 6.26. The second-order valence-corrected chi connectivity index (χ2v) is 17.9. The number of aliphatic imine (C=N–C) groups is 1. The van der Waals surface area contributed by atoms with Crippen molar-refractivity contribution in [1.29, 1.82) is 0 Å². The zero-order chi connectivity index (χ0) is 37.5. The van der Waals surface area contributed by atoms with Crippen molar-refractivity contribution in [1.82, 2.24) is 0 Å². The van der Waals surface area contributed by atoms with Gasteiger partial charge in [0.15, 0.2) is 0 Å². The van der Waals surface area contributed by atoms with Crippen LogP contribution < -0.4 is 5.32 Å². The first-order valence-corrected chi connectivity index (χ1v) is 21.7. The van der Waals surface area contributed by atoms with Crippen LogP contribution in [-0.4, -0.2) is 6.34 Å². The summed E-state index contributed by atoms with van der Waals surface area (Å²) in [6.45, 7) is 0. The summed E-state index contributed by atoms with van der Waals surface area (Å²) in [5.74, 6) is 0. The summed E-state index contributed by atoms with van der Waals surface area (Å²) >= 11 is 5.60. The minimum atomic E-state index is -0.0722. The van der Waals surface area contributed by atoms with E-state index in [4.69, 9.17) is 4.99 Å². The lowest BCUT2D eigenvalue weighted by Gasteiger charge is -2.19. The molecule has 0 spiro atoms. The van der Waals surface area contributed by atoms with Gasteiger partial charge in [0.1, 0.15) is 6.04 Å². The van der Waals surface area contributed by atoms with E-state index in [1.165, 1.54) is 105 Å². The number of hydrogen-bond donors (Lipinski definition) is 1. The van der Waals surface area contributed by atoms with Crippen LogP contribution in [0.15, 0.2) is 181 Å². The molecule has 268 valence electrons. The Kier molecular flexibility index (Phi) is 7.55. The molecule has 1 N–H and O–H groups in total. The summed E-state index contributed by atoms with van der Waals surface area (Å²) in [5.41, 5.74) is 12.2. The summed E-state index contributed by atoms with van der Waals surface area (Å²) < 4.78 is 6.61. The third-order valence-corrected chi connectivity index (χ3v) is 15.1. The van der Waals surface area contributed by atoms with E-state index >= 15 is 0 Å². The van der Waals surface area contributed by atoms with Gasteiger partial charge in [0.05, 0.1) is 16.9 Å². The van der Waals surface area contributed by atoms with Crippen LogP contribution in [0, 0.1) is 0 Å². The number of nitrogens with zero attached hydrogens (tertiary/aromatic N) is 1. The number of fused-ring (bicyclic) bond motifs is 9. The van der Waals surface area contributed by atoms with Gasteiger partial charge in [-0.05, 0) is 86.5 Å². The van der Waals surface area contributed by atoms with Crippen LogP contribution in [0.4, 0.5) is 5.69 Å². The molecule has 0 bridgehead atoms. The molecule has 1 aliphatic rings. The molecule has 2 nitrogen and oxygen atoms in total. The van der Waals surface area contributed by atoms with E-state index in [2.05, 4.69) is 181 Å². The van der Waals surface area contributed by atoms with Crippen molar-refractivity contribution in [2.45, 2.75) is 6.04 Å². The fourth-order valence-electron chi connectivity index (χ4n) is 8.66. The molecule has 0 radical (unpaired) electrons. The zero-order valence-electron chi connectivity index (χ0n) is 30.6. The smallest absolute Gasteiger partial charge is 0.113 e. The van der Waals surface area contributed by atoms with Crippen LogP contribution in [0.3, 0.4) is 0 Å². The first-order chi connectivity index (χ1) is 28.2. The van der Waals surface area contributed by atoms with Gasteiger partial charge in [-0.2, -0.15) is 0 Å². The molecular formula is C52H32N2S3. The van der Waals surface area contributed by atoms with E-state index in [1.54, 1.807) is 0 Å². The molecule has 0 saturated heterocycles. The molecule has 0 saturated carbocycles. The van der Waals surface area contributed by atoms with Gasteiger partial charge in [0.25, 0.3) is 0 Å². The first kappa shape index (κ1) is 32.8. The molecule has 0 aliphatic carbocycles. The molecule has 0 amide bonds. The van der Waals surface area contributed by atoms with E-state index in [0.717, 1.165) is 5.69 Å². The normalized spacial score (nSPS) is 13.9. The summed E-state index contributed by atoms with van der Waals surface area (Å²) in [6, 6.07) is 64.6. The Morgan fingerprint density at radius 2 is 0.930 bits per heavy atom. The lowest BCUT2D eigenvalue weighted by Crippen LogP contribution is -2.09. The van der Waals surface area contributed by atoms with Crippen LogP contribution >= 0.6 is 34.0 Å². The Labute approximate surface area is 341 Å². The summed E-state index contributed by atoms with van der Waals surface area (Å²) in [5, 5.41) is 10.1. The van der Waals surface area contributed by atoms with Crippen molar-refractivity contribution in [2.24, 2.45) is 4.99 Å². The topological polar surface area (TPSA) is 24.4 Å². The van der Waals surface area contributed by atoms with Crippen molar-refractivity contribution in [3.8, 4) is 44.5 Å². The highest BCUT2D eigenvalue weighted by molar-refractivity contribution is 7.26. The average Bonchev–Trinajstić information content (AvgIpc) is 3.98. The molecule has 5 heteroatoms. The van der Waals surface area contributed by atoms with E-state index in [1.807, 2.05) is 40.3 Å². The van der Waals surface area contributed by atoms with Crippen molar-refractivity contribution >= 4 is 96.5 Å². The Morgan fingerprint density at radius 3 is 1.67 bits per heavy atom. The molecule has 1 unspecified atom stereocenters. The molecule has 1 aliphatic heterocycles. The van der Waals surface area contributed by atoms with Gasteiger partial charge in [-0.1, -0.05) is 140 Å². The van der Waals surface area contributed by atoms with Crippen molar-refractivity contribution in [3.63, 3.8) is 0 Å². The fraction of sp³-hybridized carbons (Fsp3) is 0.0192. The standard InChI is InChI=1S/C52H32N2S3/c1-3-19-45-40(13-1)42-17-7-15-38(50(42)55-45)32-23-21-31(22-24-32)33-9-6-12-37(28-33)48-52-49(54-30-53-48)44-29-35(25-26-47(44)57-52)34-10-5-11-36(27-34)39-16-8-18-43-41-14-2-4-20-46(41)56-51(39)43/h1-30,48H,(H,53,54). The molecular weight excluding hydrogens is 749 g/mol. The zero-order valence-corrected chi connectivity index (χ0v) is 33.0. The van der Waals surface area contributed by atoms with Gasteiger partial charge in [-0.15, -0.1) is 34.0 Å². The molecule has 8 aromatic carbocycles. The van der Waals surface area contributed by atoms with Gasteiger partial charge in [-0.3, -0.25) is 4.99 Å². The Hall–Kier alpha value is -6.37. The lowest BCUT2D eigenvalue weighted by molar-refractivity contribution is 0.894. The summed E-state index contributed by atoms with van der Waals surface area (Å²) in [6.07, 6.45) is 1.88. The van der Waals surface area contributed by atoms with Gasteiger partial charge in [0.2, 0.25) is 0 Å². The van der Waals surface area contributed by atoms with Gasteiger partial charge >= 0.3 is 0 Å². The predicted molar refractivity (Wildman–Crippen MR) is 250 cm³/mol. The highest BCUT2D eigenvalue weighted by atomic mass is 32.1. The Balaban J connectivity index is 0.862. The van der Waals surface area contributed by atoms with Crippen molar-refractivity contribution in [3.05, 3.63) is 186 Å². The van der Waals surface area contributed by atoms with Gasteiger partial charge < -0.3 is 5.32 Å². The minimum Gasteiger partial charge on any atom is -0.345 e. The monoisotopic (exact) mass is 780 g/mol. The van der Waals surface area contributed by atoms with Crippen molar-refractivity contribution < 1.29 is 0 Å². The average molecular weight is 781 g/mol. The first-order valence-electron chi connectivity index (χ1n) is 19.2. The third-order valence-electron chi connectivity index (χ3n) is 11.4. The van der Waals surface area contributed by atoms with E-state index in [9.17, 15) is 0 Å². The van der Waals surface area contributed by atoms with Crippen molar-refractivity contribution in [2.75, 3.05) is 5.32 Å². The number of benzene rings is 8. The Morgan fingerprint density at radius 1 is 0.386 bits per heavy atom. The minimum absolute atomic E-state index is 0.0722. The molecule has 0 fully saturated rings. The third kappa shape index (κ3) is 5.38. The Bertz CT molecular complexity index is 3400. The van der Waals surface area contributed by atoms with Crippen LogP contribution in [-0.2, 0) is 0 Å². The van der Waals surface area contributed by atoms with Crippen LogP contribution in [0.1, 0.15) is 16.5 Å². The van der Waals surface area contributed by atoms with Gasteiger partial charge in [-0.25, -0.2) is 0 Å². The predicted octanol–water partition coefficient (Wildman–Crippen LogP) is 15.8. The maximum absolute atomic E-state index is 5.01. The highest BCUT2D eigenvalue weighted by Crippen LogP contribution is 2.47. The molecule has 12 rings (SSSR count). The molecule has 1 atom stereocenters. The second kappa shape index (κ2) is 13.1. The van der Waals surface area contributed by atoms with E-state index < -0.39 is 0 Å². The summed E-state index contributed by atoms with van der Waals surface area (Å²) in [7, 11) is 0. The van der Waals surface area contributed by atoms with Crippen LogP contribution in [0.2, 0.25) is 0 Å². The SMILES string of the molecule is C1=NC(c2cccc(-c3ccc(-c4cccc5c4sc4ccccc45)cc3)c2)c2sc3ccc(-c4cccc(-c5cccc6c5sc5ccccc56)c4)cc3c2N1.